The lowest BCUT2D eigenvalue weighted by Crippen LogP contribution is -2.47. The van der Waals surface area contributed by atoms with Gasteiger partial charge in [-0.3, -0.25) is 0 Å². The minimum atomic E-state index is 0.530. The molecular formula is C20H22ClN7. The Morgan fingerprint density at radius 3 is 2.54 bits per heavy atom. The number of piperazine rings is 1. The molecule has 0 amide bonds. The first-order chi connectivity index (χ1) is 13.6. The van der Waals surface area contributed by atoms with Crippen LogP contribution in [-0.2, 0) is 0 Å². The highest BCUT2D eigenvalue weighted by Crippen LogP contribution is 2.29. The van der Waals surface area contributed by atoms with Crippen LogP contribution in [0.15, 0.2) is 48.9 Å². The van der Waals surface area contributed by atoms with E-state index in [1.807, 2.05) is 37.3 Å². The molecule has 8 heteroatoms. The van der Waals surface area contributed by atoms with Crippen molar-refractivity contribution in [2.75, 3.05) is 47.0 Å². The van der Waals surface area contributed by atoms with Crippen LogP contribution in [0.3, 0.4) is 0 Å². The van der Waals surface area contributed by atoms with Crippen molar-refractivity contribution in [2.45, 2.75) is 6.92 Å². The fourth-order valence-electron chi connectivity index (χ4n) is 3.31. The number of aromatic nitrogens is 3. The molecule has 0 atom stereocenters. The maximum atomic E-state index is 6.38. The van der Waals surface area contributed by atoms with Gasteiger partial charge < -0.3 is 20.9 Å². The SMILES string of the molecule is Cc1ccnc(Nc2ncnc(N3CCN(c4cccc(Cl)c4)CC3)c2N)c1. The summed E-state index contributed by atoms with van der Waals surface area (Å²) in [6, 6.07) is 11.8. The Kier molecular flexibility index (Phi) is 5.16. The van der Waals surface area contributed by atoms with E-state index in [9.17, 15) is 0 Å². The summed E-state index contributed by atoms with van der Waals surface area (Å²) in [6.07, 6.45) is 3.29. The number of aryl methyl sites for hydroxylation is 1. The lowest BCUT2D eigenvalue weighted by atomic mass is 10.2. The summed E-state index contributed by atoms with van der Waals surface area (Å²) in [4.78, 5) is 17.5. The molecule has 28 heavy (non-hydrogen) atoms. The molecule has 1 aromatic carbocycles. The van der Waals surface area contributed by atoms with E-state index >= 15 is 0 Å². The van der Waals surface area contributed by atoms with Crippen LogP contribution in [-0.4, -0.2) is 41.1 Å². The zero-order valence-corrected chi connectivity index (χ0v) is 16.4. The molecule has 3 N–H and O–H groups in total. The van der Waals surface area contributed by atoms with Gasteiger partial charge in [0.1, 0.15) is 17.8 Å². The number of nitrogens with two attached hydrogens (primary N) is 1. The molecule has 1 aliphatic rings. The number of nitrogens with zero attached hydrogens (tertiary/aromatic N) is 5. The van der Waals surface area contributed by atoms with Crippen molar-refractivity contribution < 1.29 is 0 Å². The fraction of sp³-hybridized carbons (Fsp3) is 0.250. The molecule has 0 spiro atoms. The molecule has 3 aromatic rings. The Hall–Kier alpha value is -3.06. The third-order valence-corrected chi connectivity index (χ3v) is 5.01. The first-order valence-electron chi connectivity index (χ1n) is 9.16. The number of hydrogen-bond acceptors (Lipinski definition) is 7. The van der Waals surface area contributed by atoms with E-state index < -0.39 is 0 Å². The normalized spacial score (nSPS) is 14.2. The molecule has 1 fully saturated rings. The average Bonchev–Trinajstić information content (AvgIpc) is 2.70. The summed E-state index contributed by atoms with van der Waals surface area (Å²) in [5.41, 5.74) is 9.16. The van der Waals surface area contributed by atoms with E-state index in [1.165, 1.54) is 6.33 Å². The van der Waals surface area contributed by atoms with Gasteiger partial charge in [0.25, 0.3) is 0 Å². The predicted molar refractivity (Wildman–Crippen MR) is 115 cm³/mol. The van der Waals surface area contributed by atoms with E-state index in [2.05, 4.69) is 36.1 Å². The molecule has 1 saturated heterocycles. The lowest BCUT2D eigenvalue weighted by molar-refractivity contribution is 0.647. The van der Waals surface area contributed by atoms with E-state index in [0.717, 1.165) is 48.3 Å². The van der Waals surface area contributed by atoms with Crippen molar-refractivity contribution in [1.82, 2.24) is 15.0 Å². The van der Waals surface area contributed by atoms with Gasteiger partial charge in [0.2, 0.25) is 0 Å². The number of nitrogen functional groups attached to an aromatic ring is 1. The van der Waals surface area contributed by atoms with E-state index in [0.29, 0.717) is 17.3 Å². The van der Waals surface area contributed by atoms with E-state index in [-0.39, 0.29) is 0 Å². The summed E-state index contributed by atoms with van der Waals surface area (Å²) < 4.78 is 0. The topological polar surface area (TPSA) is 83.2 Å². The molecule has 4 rings (SSSR count). The summed E-state index contributed by atoms with van der Waals surface area (Å²) >= 11 is 6.12. The van der Waals surface area contributed by atoms with Crippen molar-refractivity contribution in [3.8, 4) is 0 Å². The largest absolute Gasteiger partial charge is 0.393 e. The fourth-order valence-corrected chi connectivity index (χ4v) is 3.50. The second kappa shape index (κ2) is 7.90. The van der Waals surface area contributed by atoms with Gasteiger partial charge in [-0.15, -0.1) is 0 Å². The molecule has 7 nitrogen and oxygen atoms in total. The number of hydrogen-bond donors (Lipinski definition) is 2. The summed E-state index contributed by atoms with van der Waals surface area (Å²) in [6.45, 7) is 5.38. The van der Waals surface area contributed by atoms with Crippen LogP contribution in [0.5, 0.6) is 0 Å². The summed E-state index contributed by atoms with van der Waals surface area (Å²) in [5.74, 6) is 2.03. The maximum Gasteiger partial charge on any atom is 0.160 e. The van der Waals surface area contributed by atoms with Crippen LogP contribution in [0, 0.1) is 6.92 Å². The van der Waals surface area contributed by atoms with Crippen LogP contribution in [0.25, 0.3) is 0 Å². The van der Waals surface area contributed by atoms with Crippen LogP contribution in [0.1, 0.15) is 5.56 Å². The summed E-state index contributed by atoms with van der Waals surface area (Å²) in [5, 5.41) is 3.94. The van der Waals surface area contributed by atoms with Gasteiger partial charge in [0, 0.05) is 43.1 Å². The zero-order valence-electron chi connectivity index (χ0n) is 15.6. The molecule has 144 valence electrons. The van der Waals surface area contributed by atoms with Crippen LogP contribution < -0.4 is 20.9 Å². The van der Waals surface area contributed by atoms with E-state index in [1.54, 1.807) is 6.20 Å². The molecule has 0 aliphatic carbocycles. The molecule has 1 aliphatic heterocycles. The Morgan fingerprint density at radius 1 is 1.00 bits per heavy atom. The smallest absolute Gasteiger partial charge is 0.160 e. The van der Waals surface area contributed by atoms with Crippen molar-refractivity contribution in [2.24, 2.45) is 0 Å². The molecule has 0 bridgehead atoms. The van der Waals surface area contributed by atoms with Gasteiger partial charge in [-0.2, -0.15) is 0 Å². The minimum Gasteiger partial charge on any atom is -0.393 e. The van der Waals surface area contributed by atoms with Crippen molar-refractivity contribution in [3.63, 3.8) is 0 Å². The zero-order chi connectivity index (χ0) is 19.5. The molecule has 3 heterocycles. The summed E-state index contributed by atoms with van der Waals surface area (Å²) in [7, 11) is 0. The second-order valence-corrected chi connectivity index (χ2v) is 7.19. The van der Waals surface area contributed by atoms with Crippen molar-refractivity contribution in [1.29, 1.82) is 0 Å². The van der Waals surface area contributed by atoms with E-state index in [4.69, 9.17) is 17.3 Å². The lowest BCUT2D eigenvalue weighted by Gasteiger charge is -2.37. The van der Waals surface area contributed by atoms with Gasteiger partial charge in [-0.25, -0.2) is 15.0 Å². The second-order valence-electron chi connectivity index (χ2n) is 6.76. The predicted octanol–water partition coefficient (Wildman–Crippen LogP) is 3.49. The first-order valence-corrected chi connectivity index (χ1v) is 9.53. The van der Waals surface area contributed by atoms with Crippen molar-refractivity contribution in [3.05, 3.63) is 59.5 Å². The Morgan fingerprint density at radius 2 is 1.79 bits per heavy atom. The van der Waals surface area contributed by atoms with Gasteiger partial charge in [0.05, 0.1) is 0 Å². The van der Waals surface area contributed by atoms with Crippen LogP contribution in [0.4, 0.5) is 28.8 Å². The number of pyridine rings is 1. The Bertz CT molecular complexity index is 970. The minimum absolute atomic E-state index is 0.530. The average molecular weight is 396 g/mol. The Balaban J connectivity index is 1.48. The first kappa shape index (κ1) is 18.3. The van der Waals surface area contributed by atoms with Gasteiger partial charge in [-0.1, -0.05) is 17.7 Å². The standard InChI is InChI=1S/C20H22ClN7/c1-14-5-6-23-17(11-14)26-19-18(22)20(25-13-24-19)28-9-7-27(8-10-28)16-4-2-3-15(21)12-16/h2-6,11-13H,7-10,22H2,1H3,(H,23,24,25,26). The maximum absolute atomic E-state index is 6.38. The number of nitrogens with one attached hydrogen (secondary N) is 1. The van der Waals surface area contributed by atoms with Crippen LogP contribution >= 0.6 is 11.6 Å². The quantitative estimate of drug-likeness (QED) is 0.699. The molecule has 2 aromatic heterocycles. The number of rotatable bonds is 4. The highest BCUT2D eigenvalue weighted by molar-refractivity contribution is 6.30. The highest BCUT2D eigenvalue weighted by atomic mass is 35.5. The van der Waals surface area contributed by atoms with Gasteiger partial charge in [-0.05, 0) is 42.8 Å². The highest BCUT2D eigenvalue weighted by Gasteiger charge is 2.21. The van der Waals surface area contributed by atoms with Gasteiger partial charge >= 0.3 is 0 Å². The van der Waals surface area contributed by atoms with Crippen molar-refractivity contribution >= 4 is 40.4 Å². The monoisotopic (exact) mass is 395 g/mol. The number of halogens is 1. The molecule has 0 radical (unpaired) electrons. The third-order valence-electron chi connectivity index (χ3n) is 4.78. The molecule has 0 unspecified atom stereocenters. The molecular weight excluding hydrogens is 374 g/mol. The van der Waals surface area contributed by atoms with Crippen LogP contribution in [0.2, 0.25) is 5.02 Å². The van der Waals surface area contributed by atoms with Gasteiger partial charge in [0.15, 0.2) is 11.6 Å². The number of anilines is 5. The Labute approximate surface area is 169 Å². The number of benzene rings is 1. The third kappa shape index (κ3) is 3.94. The molecule has 0 saturated carbocycles.